The van der Waals surface area contributed by atoms with Crippen molar-refractivity contribution >= 4 is 17.3 Å². The number of aromatic nitrogens is 3. The van der Waals surface area contributed by atoms with Gasteiger partial charge < -0.3 is 0 Å². The van der Waals surface area contributed by atoms with Crippen molar-refractivity contribution in [1.82, 2.24) is 15.0 Å². The summed E-state index contributed by atoms with van der Waals surface area (Å²) in [6.45, 7) is 7.10. The van der Waals surface area contributed by atoms with E-state index in [9.17, 15) is 0 Å². The number of fused-ring (bicyclic) bond motifs is 3. The molecule has 1 aromatic carbocycles. The second-order valence-electron chi connectivity index (χ2n) is 5.40. The number of rotatable bonds is 2. The molecule has 0 unspecified atom stereocenters. The molecule has 0 atom stereocenters. The Kier molecular flexibility index (Phi) is 3.29. The van der Waals surface area contributed by atoms with Crippen LogP contribution in [-0.2, 0) is 12.8 Å². The molecule has 0 radical (unpaired) electrons. The summed E-state index contributed by atoms with van der Waals surface area (Å²) in [5, 5.41) is 0.433. The normalized spacial score (nSPS) is 11.7. The van der Waals surface area contributed by atoms with Crippen LogP contribution in [-0.4, -0.2) is 15.0 Å². The first-order valence-electron chi connectivity index (χ1n) is 7.20. The standard InChI is InChI=1S/C18H11ClN4/c1-20-13-8-12-9-14-16(17(12)21-10-13)18(19)23-15(22-14)7-11-5-3-2-4-6-11/h2-6,8,10H,7,9H2. The molecule has 2 aromatic heterocycles. The summed E-state index contributed by atoms with van der Waals surface area (Å²) in [4.78, 5) is 16.9. The molecule has 0 saturated carbocycles. The Morgan fingerprint density at radius 2 is 2.00 bits per heavy atom. The SMILES string of the molecule is [C-]#[N+]c1cnc2c(c1)Cc1nc(Cc3ccccc3)nc(Cl)c1-2. The summed E-state index contributed by atoms with van der Waals surface area (Å²) >= 11 is 6.39. The Bertz CT molecular complexity index is 945. The van der Waals surface area contributed by atoms with E-state index >= 15 is 0 Å². The summed E-state index contributed by atoms with van der Waals surface area (Å²) in [6.07, 6.45) is 2.85. The van der Waals surface area contributed by atoms with Gasteiger partial charge in [-0.15, -0.1) is 0 Å². The lowest BCUT2D eigenvalue weighted by atomic mass is 10.1. The lowest BCUT2D eigenvalue weighted by molar-refractivity contribution is 0.934. The number of pyridine rings is 1. The van der Waals surface area contributed by atoms with Gasteiger partial charge in [0.25, 0.3) is 0 Å². The van der Waals surface area contributed by atoms with Crippen LogP contribution in [0.4, 0.5) is 5.69 Å². The van der Waals surface area contributed by atoms with Gasteiger partial charge in [-0.1, -0.05) is 41.9 Å². The highest BCUT2D eigenvalue weighted by atomic mass is 35.5. The highest BCUT2D eigenvalue weighted by Crippen LogP contribution is 2.39. The zero-order valence-corrected chi connectivity index (χ0v) is 12.9. The van der Waals surface area contributed by atoms with Gasteiger partial charge in [-0.05, 0) is 17.2 Å². The molecule has 0 amide bonds. The third-order valence-electron chi connectivity index (χ3n) is 3.87. The number of hydrogen-bond acceptors (Lipinski definition) is 3. The van der Waals surface area contributed by atoms with Crippen LogP contribution in [0.5, 0.6) is 0 Å². The fourth-order valence-electron chi connectivity index (χ4n) is 2.84. The van der Waals surface area contributed by atoms with E-state index in [4.69, 9.17) is 18.2 Å². The molecule has 1 aliphatic rings. The van der Waals surface area contributed by atoms with Gasteiger partial charge in [0, 0.05) is 19.0 Å². The van der Waals surface area contributed by atoms with E-state index in [1.807, 2.05) is 36.4 Å². The summed E-state index contributed by atoms with van der Waals surface area (Å²) < 4.78 is 0. The Balaban J connectivity index is 1.74. The molecule has 4 rings (SSSR count). The summed E-state index contributed by atoms with van der Waals surface area (Å²) in [6, 6.07) is 11.9. The van der Waals surface area contributed by atoms with E-state index in [0.29, 0.717) is 29.5 Å². The van der Waals surface area contributed by atoms with Crippen molar-refractivity contribution in [3.05, 3.63) is 81.8 Å². The van der Waals surface area contributed by atoms with E-state index in [2.05, 4.69) is 19.8 Å². The number of benzene rings is 1. The van der Waals surface area contributed by atoms with Gasteiger partial charge in [0.1, 0.15) is 11.0 Å². The maximum atomic E-state index is 7.10. The molecule has 1 aliphatic carbocycles. The number of halogens is 1. The highest BCUT2D eigenvalue weighted by Gasteiger charge is 2.25. The van der Waals surface area contributed by atoms with Crippen molar-refractivity contribution < 1.29 is 0 Å². The molecular weight excluding hydrogens is 308 g/mol. The molecule has 0 bridgehead atoms. The smallest absolute Gasteiger partial charge is 0.205 e. The molecule has 3 aromatic rings. The average molecular weight is 319 g/mol. The van der Waals surface area contributed by atoms with Crippen LogP contribution in [0.25, 0.3) is 16.1 Å². The maximum absolute atomic E-state index is 7.10. The predicted molar refractivity (Wildman–Crippen MR) is 88.6 cm³/mol. The predicted octanol–water partition coefficient (Wildman–Crippen LogP) is 4.24. The molecule has 23 heavy (non-hydrogen) atoms. The van der Waals surface area contributed by atoms with Gasteiger partial charge in [-0.2, -0.15) is 0 Å². The third-order valence-corrected chi connectivity index (χ3v) is 4.14. The van der Waals surface area contributed by atoms with E-state index in [1.165, 1.54) is 0 Å². The zero-order valence-electron chi connectivity index (χ0n) is 12.1. The fourth-order valence-corrected chi connectivity index (χ4v) is 3.14. The van der Waals surface area contributed by atoms with Crippen molar-refractivity contribution in [3.8, 4) is 11.3 Å². The van der Waals surface area contributed by atoms with Crippen molar-refractivity contribution in [2.24, 2.45) is 0 Å². The minimum Gasteiger partial charge on any atom is -0.267 e. The van der Waals surface area contributed by atoms with Crippen LogP contribution in [0.2, 0.25) is 5.15 Å². The fraction of sp³-hybridized carbons (Fsp3) is 0.111. The van der Waals surface area contributed by atoms with Gasteiger partial charge in [-0.25, -0.2) is 14.8 Å². The van der Waals surface area contributed by atoms with Crippen molar-refractivity contribution in [2.45, 2.75) is 12.8 Å². The van der Waals surface area contributed by atoms with Crippen LogP contribution in [0.15, 0.2) is 42.6 Å². The zero-order chi connectivity index (χ0) is 15.8. The van der Waals surface area contributed by atoms with Crippen molar-refractivity contribution in [1.29, 1.82) is 0 Å². The van der Waals surface area contributed by atoms with Crippen LogP contribution in [0, 0.1) is 6.57 Å². The molecule has 5 heteroatoms. The molecule has 4 nitrogen and oxygen atoms in total. The van der Waals surface area contributed by atoms with Crippen LogP contribution in [0.3, 0.4) is 0 Å². The first-order chi connectivity index (χ1) is 11.2. The lowest BCUT2D eigenvalue weighted by Crippen LogP contribution is -2.01. The van der Waals surface area contributed by atoms with Crippen LogP contribution < -0.4 is 0 Å². The van der Waals surface area contributed by atoms with Gasteiger partial charge in [0.2, 0.25) is 5.69 Å². The number of hydrogen-bond donors (Lipinski definition) is 0. The van der Waals surface area contributed by atoms with E-state index < -0.39 is 0 Å². The molecule has 0 aliphatic heterocycles. The first-order valence-corrected chi connectivity index (χ1v) is 7.58. The minimum atomic E-state index is 0.433. The van der Waals surface area contributed by atoms with Crippen LogP contribution >= 0.6 is 11.6 Å². The summed E-state index contributed by atoms with van der Waals surface area (Å²) in [7, 11) is 0. The summed E-state index contributed by atoms with van der Waals surface area (Å²) in [5.74, 6) is 0.707. The molecule has 0 N–H and O–H groups in total. The molecule has 0 saturated heterocycles. The van der Waals surface area contributed by atoms with Gasteiger partial charge in [0.15, 0.2) is 0 Å². The topological polar surface area (TPSA) is 43.0 Å². The Morgan fingerprint density at radius 3 is 2.78 bits per heavy atom. The molecule has 0 spiro atoms. The second kappa shape index (κ2) is 5.45. The minimum absolute atomic E-state index is 0.433. The molecular formula is C18H11ClN4. The lowest BCUT2D eigenvalue weighted by Gasteiger charge is -2.06. The van der Waals surface area contributed by atoms with E-state index in [1.54, 1.807) is 6.20 Å². The second-order valence-corrected chi connectivity index (χ2v) is 5.76. The van der Waals surface area contributed by atoms with Gasteiger partial charge >= 0.3 is 0 Å². The molecule has 110 valence electrons. The van der Waals surface area contributed by atoms with E-state index in [-0.39, 0.29) is 0 Å². The maximum Gasteiger partial charge on any atom is 0.205 e. The average Bonchev–Trinajstić information content (AvgIpc) is 2.93. The monoisotopic (exact) mass is 318 g/mol. The quantitative estimate of drug-likeness (QED) is 0.410. The van der Waals surface area contributed by atoms with Crippen molar-refractivity contribution in [2.75, 3.05) is 0 Å². The Hall–Kier alpha value is -2.77. The van der Waals surface area contributed by atoms with E-state index in [0.717, 1.165) is 28.1 Å². The molecule has 2 heterocycles. The first kappa shape index (κ1) is 13.9. The van der Waals surface area contributed by atoms with Gasteiger partial charge in [-0.3, -0.25) is 4.98 Å². The Morgan fingerprint density at radius 1 is 1.17 bits per heavy atom. The van der Waals surface area contributed by atoms with Gasteiger partial charge in [0.05, 0.1) is 23.5 Å². The molecule has 0 fully saturated rings. The highest BCUT2D eigenvalue weighted by molar-refractivity contribution is 6.32. The number of nitrogens with zero attached hydrogens (tertiary/aromatic N) is 4. The summed E-state index contributed by atoms with van der Waals surface area (Å²) in [5.41, 5.74) is 5.15. The van der Waals surface area contributed by atoms with Crippen molar-refractivity contribution in [3.63, 3.8) is 0 Å². The Labute approximate surface area is 138 Å². The van der Waals surface area contributed by atoms with Crippen LogP contribution in [0.1, 0.15) is 22.6 Å². The third kappa shape index (κ3) is 2.45. The largest absolute Gasteiger partial charge is 0.267 e.